The second-order valence-electron chi connectivity index (χ2n) is 18.3. The number of pyridine rings is 1. The zero-order valence-electron chi connectivity index (χ0n) is 34.6. The van der Waals surface area contributed by atoms with Crippen LogP contribution in [-0.2, 0) is 19.7 Å². The van der Waals surface area contributed by atoms with E-state index in [4.69, 9.17) is 4.74 Å². The van der Waals surface area contributed by atoms with Gasteiger partial charge >= 0.3 is 0 Å². The molecule has 2 aliphatic carbocycles. The summed E-state index contributed by atoms with van der Waals surface area (Å²) < 4.78 is 6.65. The highest BCUT2D eigenvalue weighted by Crippen LogP contribution is 2.58. The Labute approximate surface area is 352 Å². The third-order valence-corrected chi connectivity index (χ3v) is 14.4. The molecule has 61 heavy (non-hydrogen) atoms. The standard InChI is InChI=1S/C45H48N10O6/c1-44(2)42(45(3)30-12-15-47-37-26(23-46)4-9-33(36(30)37)61-43(44)45)49-38(57)31-7-10-34(51-50-31)54-16-13-25(14-17-54)24-52-18-20-53(21-19-52)27-5-6-28-29(22-27)41(60)55(40(28)59)32-8-11-35(56)48-39(32)58/h5-7,10,12,15,22,25,32,42-43H,4,8-9,11,13-14,16-21,24H2,1-3H3,(H,49,57)(H,48,56,58)/t32?,42?,43-,45?/m0/s1. The van der Waals surface area contributed by atoms with E-state index in [1.807, 2.05) is 18.2 Å². The van der Waals surface area contributed by atoms with Crippen LogP contribution in [0.2, 0.25) is 0 Å². The van der Waals surface area contributed by atoms with Gasteiger partial charge in [-0.1, -0.05) is 13.8 Å². The molecule has 3 saturated heterocycles. The largest absolute Gasteiger partial charge is 0.492 e. The Morgan fingerprint density at radius 2 is 1.67 bits per heavy atom. The van der Waals surface area contributed by atoms with Crippen molar-refractivity contribution in [1.82, 2.24) is 35.6 Å². The lowest BCUT2D eigenvalue weighted by Crippen LogP contribution is -2.79. The predicted octanol–water partition coefficient (Wildman–Crippen LogP) is 1.38. The maximum absolute atomic E-state index is 13.7. The van der Waals surface area contributed by atoms with Crippen molar-refractivity contribution in [2.75, 3.05) is 55.6 Å². The lowest BCUT2D eigenvalue weighted by Gasteiger charge is -2.66. The van der Waals surface area contributed by atoms with Crippen molar-refractivity contribution in [3.05, 3.63) is 75.5 Å². The van der Waals surface area contributed by atoms with Crippen LogP contribution in [0, 0.1) is 22.7 Å². The number of piperazine rings is 1. The summed E-state index contributed by atoms with van der Waals surface area (Å²) in [6.45, 7) is 12.4. The Morgan fingerprint density at radius 3 is 2.39 bits per heavy atom. The number of nitriles is 1. The first-order valence-corrected chi connectivity index (χ1v) is 21.4. The molecule has 0 spiro atoms. The maximum Gasteiger partial charge on any atom is 0.272 e. The Kier molecular flexibility index (Phi) is 9.24. The SMILES string of the molecule is CC1(C)C(NC(=O)c2ccc(N3CCC(CN4CCN(c5ccc6c(c5)C(=O)N(C5CCC(=O)NC5=O)C6=O)CC4)CC3)nn2)C2(C)c3ccnc4c3=C(CCC=4C#N)O[C@@H]12. The zero-order chi connectivity index (χ0) is 42.4. The summed E-state index contributed by atoms with van der Waals surface area (Å²) in [5.41, 5.74) is 2.56. The molecule has 4 atom stereocenters. The Morgan fingerprint density at radius 1 is 0.902 bits per heavy atom. The molecular formula is C45H48N10O6. The van der Waals surface area contributed by atoms with Gasteiger partial charge in [-0.2, -0.15) is 5.26 Å². The minimum Gasteiger partial charge on any atom is -0.492 e. The summed E-state index contributed by atoms with van der Waals surface area (Å²) in [6.07, 6.45) is 5.13. The van der Waals surface area contributed by atoms with E-state index in [1.165, 1.54) is 0 Å². The topological polar surface area (TPSA) is 194 Å². The van der Waals surface area contributed by atoms with Gasteiger partial charge in [0.05, 0.1) is 39.6 Å². The molecule has 1 aromatic carbocycles. The first-order chi connectivity index (χ1) is 29.4. The summed E-state index contributed by atoms with van der Waals surface area (Å²) in [7, 11) is 0. The van der Waals surface area contributed by atoms with Crippen molar-refractivity contribution >= 4 is 52.4 Å². The molecule has 5 aliphatic heterocycles. The molecule has 3 aromatic rings. The van der Waals surface area contributed by atoms with E-state index in [9.17, 15) is 29.2 Å². The number of carbonyl (C=O) groups excluding carboxylic acids is 5. The highest BCUT2D eigenvalue weighted by Gasteiger charge is 2.69. The number of anilines is 2. The van der Waals surface area contributed by atoms with Crippen molar-refractivity contribution < 1.29 is 28.7 Å². The molecule has 2 N–H and O–H groups in total. The van der Waals surface area contributed by atoms with Gasteiger partial charge in [0.15, 0.2) is 11.5 Å². The number of amides is 5. The molecule has 1 saturated carbocycles. The molecule has 16 heteroatoms. The Balaban J connectivity index is 0.719. The summed E-state index contributed by atoms with van der Waals surface area (Å²) in [5, 5.41) is 25.8. The van der Waals surface area contributed by atoms with Gasteiger partial charge in [-0.25, -0.2) is 0 Å². The fraction of sp³-hybridized carbons (Fsp3) is 0.489. The molecule has 0 radical (unpaired) electrons. The van der Waals surface area contributed by atoms with Crippen LogP contribution < -0.4 is 31.0 Å². The molecule has 7 aliphatic rings. The van der Waals surface area contributed by atoms with Gasteiger partial charge in [0.1, 0.15) is 17.9 Å². The molecule has 10 rings (SSSR count). The van der Waals surface area contributed by atoms with Gasteiger partial charge < -0.3 is 19.9 Å². The molecule has 16 nitrogen and oxygen atoms in total. The van der Waals surface area contributed by atoms with Gasteiger partial charge in [-0.15, -0.1) is 10.2 Å². The molecule has 0 bridgehead atoms. The van der Waals surface area contributed by atoms with Crippen LogP contribution in [0.15, 0.2) is 42.6 Å². The lowest BCUT2D eigenvalue weighted by atomic mass is 9.45. The number of aromatic nitrogens is 3. The Bertz CT molecular complexity index is 2570. The second kappa shape index (κ2) is 14.5. The smallest absolute Gasteiger partial charge is 0.272 e. The number of carbonyl (C=O) groups is 5. The van der Waals surface area contributed by atoms with Gasteiger partial charge in [0.2, 0.25) is 11.8 Å². The fourth-order valence-corrected chi connectivity index (χ4v) is 11.3. The average molecular weight is 825 g/mol. The van der Waals surface area contributed by atoms with Gasteiger partial charge in [0.25, 0.3) is 17.7 Å². The monoisotopic (exact) mass is 824 g/mol. The number of nitrogens with one attached hydrogen (secondary N) is 2. The van der Waals surface area contributed by atoms with E-state index in [1.54, 1.807) is 24.4 Å². The number of fused-ring (bicyclic) bond motifs is 3. The number of hydrogen-bond acceptors (Lipinski definition) is 13. The van der Waals surface area contributed by atoms with Gasteiger partial charge in [-0.3, -0.25) is 44.1 Å². The minimum atomic E-state index is -0.981. The summed E-state index contributed by atoms with van der Waals surface area (Å²) in [5.74, 6) is -0.106. The molecule has 4 fully saturated rings. The number of imide groups is 2. The highest BCUT2D eigenvalue weighted by atomic mass is 16.5. The fourth-order valence-electron chi connectivity index (χ4n) is 11.3. The van der Waals surface area contributed by atoms with Gasteiger partial charge in [-0.05, 0) is 80.5 Å². The van der Waals surface area contributed by atoms with Crippen molar-refractivity contribution in [3.8, 4) is 6.07 Å². The van der Waals surface area contributed by atoms with Crippen LogP contribution in [0.3, 0.4) is 0 Å². The van der Waals surface area contributed by atoms with Crippen molar-refractivity contribution in [1.29, 1.82) is 5.26 Å². The first-order valence-electron chi connectivity index (χ1n) is 21.4. The maximum atomic E-state index is 13.7. The van der Waals surface area contributed by atoms with Crippen molar-refractivity contribution in [3.63, 3.8) is 0 Å². The summed E-state index contributed by atoms with van der Waals surface area (Å²) >= 11 is 0. The molecule has 5 amide bonds. The zero-order valence-corrected chi connectivity index (χ0v) is 34.6. The minimum absolute atomic E-state index is 0.0858. The molecular weight excluding hydrogens is 777 g/mol. The van der Waals surface area contributed by atoms with E-state index in [0.717, 1.165) is 91.6 Å². The lowest BCUT2D eigenvalue weighted by molar-refractivity contribution is -0.150. The van der Waals surface area contributed by atoms with Crippen molar-refractivity contribution in [2.45, 2.75) is 82.9 Å². The number of piperidine rings is 2. The van der Waals surface area contributed by atoms with Gasteiger partial charge in [0, 0.05) is 81.2 Å². The number of nitrogens with zero attached hydrogens (tertiary/aromatic N) is 8. The highest BCUT2D eigenvalue weighted by molar-refractivity contribution is 6.23. The van der Waals surface area contributed by atoms with Crippen LogP contribution in [-0.4, -0.2) is 119 Å². The Hall–Kier alpha value is -6.21. The summed E-state index contributed by atoms with van der Waals surface area (Å²) in [4.78, 5) is 76.9. The quantitative estimate of drug-likeness (QED) is 0.325. The van der Waals surface area contributed by atoms with Crippen molar-refractivity contribution in [2.24, 2.45) is 11.3 Å². The van der Waals surface area contributed by atoms with Crippen LogP contribution in [0.5, 0.6) is 0 Å². The average Bonchev–Trinajstić information content (AvgIpc) is 3.52. The number of rotatable bonds is 7. The molecule has 7 heterocycles. The molecule has 2 aromatic heterocycles. The number of ether oxygens (including phenoxy) is 1. The van der Waals surface area contributed by atoms with E-state index in [-0.39, 0.29) is 47.6 Å². The first kappa shape index (κ1) is 39.0. The van der Waals surface area contributed by atoms with E-state index >= 15 is 0 Å². The van der Waals surface area contributed by atoms with E-state index < -0.39 is 35.1 Å². The second-order valence-corrected chi connectivity index (χ2v) is 18.3. The van der Waals surface area contributed by atoms with Crippen LogP contribution >= 0.6 is 0 Å². The third kappa shape index (κ3) is 6.18. The predicted molar refractivity (Wildman–Crippen MR) is 221 cm³/mol. The van der Waals surface area contributed by atoms with Crippen LogP contribution in [0.1, 0.15) is 96.1 Å². The third-order valence-electron chi connectivity index (χ3n) is 14.4. The van der Waals surface area contributed by atoms with Crippen LogP contribution in [0.4, 0.5) is 11.5 Å². The van der Waals surface area contributed by atoms with E-state index in [2.05, 4.69) is 67.4 Å². The van der Waals surface area contributed by atoms with E-state index in [0.29, 0.717) is 35.2 Å². The van der Waals surface area contributed by atoms with Crippen LogP contribution in [0.25, 0.3) is 11.3 Å². The number of hydrogen-bond donors (Lipinski definition) is 2. The summed E-state index contributed by atoms with van der Waals surface area (Å²) in [6, 6.07) is 12.0. The number of benzene rings is 1. The normalized spacial score (nSPS) is 27.0. The molecule has 3 unspecified atom stereocenters. The molecule has 314 valence electrons.